The molecule has 1 heterocycles. The lowest BCUT2D eigenvalue weighted by Crippen LogP contribution is -2.07. The Balaban J connectivity index is 1.66. The second kappa shape index (κ2) is 8.24. The van der Waals surface area contributed by atoms with Crippen molar-refractivity contribution in [1.82, 2.24) is 4.98 Å². The highest BCUT2D eigenvalue weighted by atomic mass is 32.1. The number of non-ortho nitro benzene ring substituents is 1. The number of thiazole rings is 1. The highest BCUT2D eigenvalue weighted by molar-refractivity contribution is 7.14. The van der Waals surface area contributed by atoms with Crippen LogP contribution in [0.2, 0.25) is 0 Å². The molecule has 8 heteroatoms. The summed E-state index contributed by atoms with van der Waals surface area (Å²) in [6.45, 7) is 0. The molecular formula is C19H15N3O4S. The molecule has 0 radical (unpaired) electrons. The summed E-state index contributed by atoms with van der Waals surface area (Å²) in [5, 5.41) is 15.6. The number of benzene rings is 2. The standard InChI is InChI=1S/C19H15N3O4S/c1-26-17-5-3-2-4-15(17)16-12-27-19(20-16)21-18(23)11-8-13-6-9-14(10-7-13)22(24)25/h2-12H,1H3,(H,20,21,23)/b11-8+. The van der Waals surface area contributed by atoms with Gasteiger partial charge in [-0.2, -0.15) is 0 Å². The molecule has 0 bridgehead atoms. The van der Waals surface area contributed by atoms with E-state index in [2.05, 4.69) is 10.3 Å². The number of anilines is 1. The zero-order chi connectivity index (χ0) is 19.2. The van der Waals surface area contributed by atoms with Crippen LogP contribution in [0, 0.1) is 10.1 Å². The van der Waals surface area contributed by atoms with E-state index in [0.717, 1.165) is 5.56 Å². The largest absolute Gasteiger partial charge is 0.496 e. The van der Waals surface area contributed by atoms with Gasteiger partial charge in [-0.25, -0.2) is 4.98 Å². The number of amides is 1. The first-order valence-corrected chi connectivity index (χ1v) is 8.77. The van der Waals surface area contributed by atoms with Gasteiger partial charge < -0.3 is 4.74 Å². The summed E-state index contributed by atoms with van der Waals surface area (Å²) in [7, 11) is 1.59. The number of rotatable bonds is 6. The molecule has 3 rings (SSSR count). The van der Waals surface area contributed by atoms with Crippen molar-refractivity contribution < 1.29 is 14.5 Å². The van der Waals surface area contributed by atoms with Gasteiger partial charge in [-0.3, -0.25) is 20.2 Å². The Morgan fingerprint density at radius 2 is 1.96 bits per heavy atom. The Morgan fingerprint density at radius 3 is 2.67 bits per heavy atom. The van der Waals surface area contributed by atoms with Gasteiger partial charge in [0.05, 0.1) is 17.7 Å². The van der Waals surface area contributed by atoms with Crippen molar-refractivity contribution in [3.05, 3.63) is 75.7 Å². The van der Waals surface area contributed by atoms with Gasteiger partial charge in [-0.15, -0.1) is 11.3 Å². The summed E-state index contributed by atoms with van der Waals surface area (Å²) in [5.41, 5.74) is 2.25. The highest BCUT2D eigenvalue weighted by Crippen LogP contribution is 2.31. The summed E-state index contributed by atoms with van der Waals surface area (Å²) in [4.78, 5) is 26.6. The van der Waals surface area contributed by atoms with E-state index < -0.39 is 4.92 Å². The van der Waals surface area contributed by atoms with Crippen LogP contribution in [0.5, 0.6) is 5.75 Å². The number of ether oxygens (including phenoxy) is 1. The van der Waals surface area contributed by atoms with Crippen LogP contribution in [0.4, 0.5) is 10.8 Å². The van der Waals surface area contributed by atoms with Gasteiger partial charge >= 0.3 is 0 Å². The molecular weight excluding hydrogens is 366 g/mol. The lowest BCUT2D eigenvalue weighted by atomic mass is 10.1. The number of hydrogen-bond donors (Lipinski definition) is 1. The summed E-state index contributed by atoms with van der Waals surface area (Å²) >= 11 is 1.31. The van der Waals surface area contributed by atoms with Crippen LogP contribution in [0.25, 0.3) is 17.3 Å². The highest BCUT2D eigenvalue weighted by Gasteiger charge is 2.10. The van der Waals surface area contributed by atoms with Gasteiger partial charge in [0, 0.05) is 29.2 Å². The van der Waals surface area contributed by atoms with Crippen LogP contribution < -0.4 is 10.1 Å². The molecule has 0 unspecified atom stereocenters. The fourth-order valence-corrected chi connectivity index (χ4v) is 3.05. The normalized spacial score (nSPS) is 10.7. The number of nitro benzene ring substituents is 1. The molecule has 0 aliphatic carbocycles. The summed E-state index contributed by atoms with van der Waals surface area (Å²) in [6, 6.07) is 13.4. The van der Waals surface area contributed by atoms with Gasteiger partial charge in [0.1, 0.15) is 5.75 Å². The number of nitro groups is 1. The van der Waals surface area contributed by atoms with Crippen LogP contribution in [0.3, 0.4) is 0 Å². The molecule has 27 heavy (non-hydrogen) atoms. The smallest absolute Gasteiger partial charge is 0.269 e. The van der Waals surface area contributed by atoms with Crippen LogP contribution in [0.15, 0.2) is 60.0 Å². The summed E-state index contributed by atoms with van der Waals surface area (Å²) < 4.78 is 5.32. The first-order chi connectivity index (χ1) is 13.1. The maximum atomic E-state index is 12.1. The molecule has 0 atom stereocenters. The predicted molar refractivity (Wildman–Crippen MR) is 105 cm³/mol. The summed E-state index contributed by atoms with van der Waals surface area (Å²) in [6.07, 6.45) is 2.93. The second-order valence-electron chi connectivity index (χ2n) is 5.41. The number of nitrogens with one attached hydrogen (secondary N) is 1. The van der Waals surface area contributed by atoms with Crippen molar-refractivity contribution in [1.29, 1.82) is 0 Å². The average Bonchev–Trinajstić information content (AvgIpc) is 3.14. The minimum Gasteiger partial charge on any atom is -0.496 e. The van der Waals surface area contributed by atoms with E-state index in [0.29, 0.717) is 22.1 Å². The van der Waals surface area contributed by atoms with E-state index in [4.69, 9.17) is 4.74 Å². The zero-order valence-corrected chi connectivity index (χ0v) is 15.1. The minimum atomic E-state index is -0.470. The SMILES string of the molecule is COc1ccccc1-c1csc(NC(=O)/C=C/c2ccc([N+](=O)[O-])cc2)n1. The molecule has 0 saturated heterocycles. The maximum absolute atomic E-state index is 12.1. The van der Waals surface area contributed by atoms with Crippen LogP contribution in [-0.4, -0.2) is 22.9 Å². The Hall–Kier alpha value is -3.52. The molecule has 3 aromatic rings. The molecule has 0 aliphatic rings. The maximum Gasteiger partial charge on any atom is 0.269 e. The Bertz CT molecular complexity index is 996. The number of methoxy groups -OCH3 is 1. The first-order valence-electron chi connectivity index (χ1n) is 7.89. The van der Waals surface area contributed by atoms with Crippen LogP contribution in [0.1, 0.15) is 5.56 Å². The number of carbonyl (C=O) groups is 1. The van der Waals surface area contributed by atoms with E-state index in [1.807, 2.05) is 29.6 Å². The topological polar surface area (TPSA) is 94.4 Å². The van der Waals surface area contributed by atoms with Crippen molar-refractivity contribution in [2.75, 3.05) is 12.4 Å². The van der Waals surface area contributed by atoms with Crippen molar-refractivity contribution >= 4 is 34.1 Å². The van der Waals surface area contributed by atoms with Crippen LogP contribution in [-0.2, 0) is 4.79 Å². The van der Waals surface area contributed by atoms with E-state index in [1.54, 1.807) is 25.3 Å². The third-order valence-corrected chi connectivity index (χ3v) is 4.41. The average molecular weight is 381 g/mol. The van der Waals surface area contributed by atoms with Gasteiger partial charge in [0.15, 0.2) is 5.13 Å². The monoisotopic (exact) mass is 381 g/mol. The Morgan fingerprint density at radius 1 is 1.22 bits per heavy atom. The molecule has 7 nitrogen and oxygen atoms in total. The fraction of sp³-hybridized carbons (Fsp3) is 0.0526. The second-order valence-corrected chi connectivity index (χ2v) is 6.27. The van der Waals surface area contributed by atoms with Gasteiger partial charge in [-0.05, 0) is 35.9 Å². The van der Waals surface area contributed by atoms with E-state index in [1.165, 1.54) is 29.5 Å². The van der Waals surface area contributed by atoms with Crippen molar-refractivity contribution in [2.24, 2.45) is 0 Å². The van der Waals surface area contributed by atoms with Crippen molar-refractivity contribution in [3.8, 4) is 17.0 Å². The van der Waals surface area contributed by atoms with E-state index >= 15 is 0 Å². The fourth-order valence-electron chi connectivity index (χ4n) is 2.34. The minimum absolute atomic E-state index is 0.00302. The van der Waals surface area contributed by atoms with Crippen LogP contribution >= 0.6 is 11.3 Å². The molecule has 1 amide bonds. The Labute approximate surface area is 159 Å². The van der Waals surface area contributed by atoms with E-state index in [9.17, 15) is 14.9 Å². The number of aromatic nitrogens is 1. The molecule has 0 fully saturated rings. The molecule has 2 aromatic carbocycles. The lowest BCUT2D eigenvalue weighted by molar-refractivity contribution is -0.384. The summed E-state index contributed by atoms with van der Waals surface area (Å²) in [5.74, 6) is 0.369. The molecule has 1 N–H and O–H groups in total. The molecule has 0 aliphatic heterocycles. The molecule has 1 aromatic heterocycles. The lowest BCUT2D eigenvalue weighted by Gasteiger charge is -2.04. The third-order valence-electron chi connectivity index (χ3n) is 3.65. The van der Waals surface area contributed by atoms with Gasteiger partial charge in [0.2, 0.25) is 5.91 Å². The molecule has 136 valence electrons. The predicted octanol–water partition coefficient (Wildman–Crippen LogP) is 4.38. The van der Waals surface area contributed by atoms with Crippen molar-refractivity contribution in [2.45, 2.75) is 0 Å². The molecule has 0 spiro atoms. The number of carbonyl (C=O) groups excluding carboxylic acids is 1. The number of hydrogen-bond acceptors (Lipinski definition) is 6. The zero-order valence-electron chi connectivity index (χ0n) is 14.3. The Kier molecular flexibility index (Phi) is 5.58. The van der Waals surface area contributed by atoms with E-state index in [-0.39, 0.29) is 11.6 Å². The van der Waals surface area contributed by atoms with Gasteiger partial charge in [0.25, 0.3) is 5.69 Å². The quantitative estimate of drug-likeness (QED) is 0.388. The molecule has 0 saturated carbocycles. The van der Waals surface area contributed by atoms with Crippen molar-refractivity contribution in [3.63, 3.8) is 0 Å². The number of para-hydroxylation sites is 1. The third kappa shape index (κ3) is 4.56. The number of nitrogens with zero attached hydrogens (tertiary/aromatic N) is 2. The van der Waals surface area contributed by atoms with Gasteiger partial charge in [-0.1, -0.05) is 12.1 Å². The first kappa shape index (κ1) is 18.3.